The molecule has 0 spiro atoms. The number of fused-ring (bicyclic) bond motifs is 1. The second kappa shape index (κ2) is 7.09. The maximum atomic E-state index is 10.9. The van der Waals surface area contributed by atoms with Gasteiger partial charge in [0.1, 0.15) is 0 Å². The molecule has 0 radical (unpaired) electrons. The van der Waals surface area contributed by atoms with Crippen molar-refractivity contribution in [2.24, 2.45) is 0 Å². The van der Waals surface area contributed by atoms with E-state index in [1.165, 1.54) is 36.0 Å². The fraction of sp³-hybridized carbons (Fsp3) is 0.409. The summed E-state index contributed by atoms with van der Waals surface area (Å²) in [6.45, 7) is 9.73. The molecule has 0 amide bonds. The normalized spacial score (nSPS) is 17.5. The van der Waals surface area contributed by atoms with Crippen LogP contribution in [-0.2, 0) is 21.6 Å². The lowest BCUT2D eigenvalue weighted by molar-refractivity contribution is 0.0697. The van der Waals surface area contributed by atoms with E-state index in [4.69, 9.17) is 9.29 Å². The minimum atomic E-state index is -0.911. The number of hydrogen-bond donors (Lipinski definition) is 1. The molecule has 0 aromatic heterocycles. The van der Waals surface area contributed by atoms with Crippen molar-refractivity contribution in [1.29, 1.82) is 0 Å². The van der Waals surface area contributed by atoms with Crippen molar-refractivity contribution >= 4 is 18.0 Å². The van der Waals surface area contributed by atoms with E-state index < -0.39 is 5.97 Å². The molecule has 0 unspecified atom stereocenters. The van der Waals surface area contributed by atoms with Gasteiger partial charge >= 0.3 is 5.97 Å². The van der Waals surface area contributed by atoms with Gasteiger partial charge in [0.15, 0.2) is 0 Å². The lowest BCUT2D eigenvalue weighted by atomic mass is 9.63. The summed E-state index contributed by atoms with van der Waals surface area (Å²) in [5.41, 5.74) is 4.54. The summed E-state index contributed by atoms with van der Waals surface area (Å²) in [5, 5.41) is 8.94. The number of hydrogen-bond acceptors (Lipinski definition) is 3. The fourth-order valence-corrected chi connectivity index (χ4v) is 4.15. The Labute approximate surface area is 160 Å². The summed E-state index contributed by atoms with van der Waals surface area (Å²) in [4.78, 5) is 12.0. The molecule has 0 heterocycles. The van der Waals surface area contributed by atoms with Crippen molar-refractivity contribution in [2.75, 3.05) is 0 Å². The van der Waals surface area contributed by atoms with E-state index in [0.717, 1.165) is 10.5 Å². The van der Waals surface area contributed by atoms with E-state index >= 15 is 0 Å². The predicted molar refractivity (Wildman–Crippen MR) is 106 cm³/mol. The van der Waals surface area contributed by atoms with E-state index in [1.54, 1.807) is 24.3 Å². The number of aromatic carboxylic acids is 1. The molecule has 1 aliphatic rings. The minimum absolute atomic E-state index is 0.189. The Hall–Kier alpha value is -1.78. The van der Waals surface area contributed by atoms with Crippen molar-refractivity contribution in [1.82, 2.24) is 0 Å². The Balaban J connectivity index is 1.68. The first-order valence-corrected chi connectivity index (χ1v) is 9.70. The molecule has 0 aliphatic heterocycles. The monoisotopic (exact) mass is 370 g/mol. The molecule has 0 saturated carbocycles. The van der Waals surface area contributed by atoms with Crippen LogP contribution in [0.3, 0.4) is 0 Å². The lowest BCUT2D eigenvalue weighted by Crippen LogP contribution is -2.33. The molecular weight excluding hydrogens is 344 g/mol. The second-order valence-corrected chi connectivity index (χ2v) is 9.20. The van der Waals surface area contributed by atoms with Crippen LogP contribution in [0.2, 0.25) is 0 Å². The third kappa shape index (κ3) is 3.97. The Morgan fingerprint density at radius 1 is 1.00 bits per heavy atom. The van der Waals surface area contributed by atoms with Crippen LogP contribution in [0.4, 0.5) is 0 Å². The van der Waals surface area contributed by atoms with Crippen LogP contribution in [-0.4, -0.2) is 11.1 Å². The summed E-state index contributed by atoms with van der Waals surface area (Å²) < 4.78 is 5.79. The maximum absolute atomic E-state index is 10.9. The van der Waals surface area contributed by atoms with Crippen LogP contribution < -0.4 is 0 Å². The smallest absolute Gasteiger partial charge is 0.335 e. The van der Waals surface area contributed by atoms with Gasteiger partial charge in [0.25, 0.3) is 0 Å². The first kappa shape index (κ1) is 19.0. The van der Waals surface area contributed by atoms with Crippen molar-refractivity contribution < 1.29 is 14.1 Å². The van der Waals surface area contributed by atoms with Gasteiger partial charge in [0.2, 0.25) is 0 Å². The van der Waals surface area contributed by atoms with Crippen molar-refractivity contribution in [3.8, 4) is 0 Å². The van der Waals surface area contributed by atoms with Gasteiger partial charge in [-0.25, -0.2) is 4.79 Å². The Morgan fingerprint density at radius 2 is 1.62 bits per heavy atom. The average molecular weight is 371 g/mol. The Bertz CT molecular complexity index is 807. The van der Waals surface area contributed by atoms with Gasteiger partial charge in [-0.1, -0.05) is 45.9 Å². The van der Waals surface area contributed by atoms with Gasteiger partial charge in [-0.05, 0) is 64.6 Å². The highest BCUT2D eigenvalue weighted by molar-refractivity contribution is 7.94. The van der Waals surface area contributed by atoms with E-state index in [2.05, 4.69) is 45.9 Å². The van der Waals surface area contributed by atoms with E-state index in [1.807, 2.05) is 0 Å². The summed E-state index contributed by atoms with van der Waals surface area (Å²) in [7, 11) is 0. The molecule has 4 heteroatoms. The summed E-state index contributed by atoms with van der Waals surface area (Å²) in [6.07, 6.45) is 2.40. The number of benzene rings is 2. The fourth-order valence-electron chi connectivity index (χ4n) is 3.53. The highest BCUT2D eigenvalue weighted by Gasteiger charge is 2.36. The standard InChI is InChI=1S/C22H26O3S/c1-21(2)11-12-22(3,4)19-13-17(9-10-18(19)21)26-25-14-15-5-7-16(8-6-15)20(23)24/h5-10,13H,11-12,14H2,1-4H3,(H,23,24). The van der Waals surface area contributed by atoms with Gasteiger partial charge in [-0.3, -0.25) is 0 Å². The second-order valence-electron chi connectivity index (χ2n) is 8.32. The summed E-state index contributed by atoms with van der Waals surface area (Å²) in [6, 6.07) is 13.5. The zero-order valence-corrected chi connectivity index (χ0v) is 16.7. The van der Waals surface area contributed by atoms with Gasteiger partial charge in [-0.2, -0.15) is 0 Å². The summed E-state index contributed by atoms with van der Waals surface area (Å²) >= 11 is 1.38. The molecule has 3 nitrogen and oxygen atoms in total. The predicted octanol–water partition coefficient (Wildman–Crippen LogP) is 5.96. The number of carboxylic acids is 1. The third-order valence-corrected chi connectivity index (χ3v) is 6.09. The SMILES string of the molecule is CC1(C)CCC(C)(C)c2cc(SOCc3ccc(C(=O)O)cc3)ccc21. The lowest BCUT2D eigenvalue weighted by Gasteiger charge is -2.42. The molecule has 3 rings (SSSR count). The van der Waals surface area contributed by atoms with Crippen molar-refractivity contribution in [3.63, 3.8) is 0 Å². The maximum Gasteiger partial charge on any atom is 0.335 e. The van der Waals surface area contributed by atoms with Gasteiger partial charge in [0.05, 0.1) is 12.2 Å². The average Bonchev–Trinajstić information content (AvgIpc) is 2.59. The topological polar surface area (TPSA) is 46.5 Å². The van der Waals surface area contributed by atoms with Gasteiger partial charge in [0, 0.05) is 16.9 Å². The molecule has 0 fully saturated rings. The molecule has 2 aromatic rings. The van der Waals surface area contributed by atoms with E-state index in [-0.39, 0.29) is 10.8 Å². The third-order valence-electron chi connectivity index (χ3n) is 5.41. The zero-order chi connectivity index (χ0) is 18.9. The first-order valence-electron chi connectivity index (χ1n) is 8.96. The van der Waals surface area contributed by atoms with Crippen LogP contribution in [0.1, 0.15) is 67.6 Å². The molecule has 1 aliphatic carbocycles. The van der Waals surface area contributed by atoms with Crippen LogP contribution >= 0.6 is 12.0 Å². The Kier molecular flexibility index (Phi) is 5.18. The number of rotatable bonds is 5. The van der Waals surface area contributed by atoms with E-state index in [9.17, 15) is 4.79 Å². The number of carbonyl (C=O) groups is 1. The molecule has 0 bridgehead atoms. The quantitative estimate of drug-likeness (QED) is 0.660. The molecule has 0 atom stereocenters. The molecule has 26 heavy (non-hydrogen) atoms. The highest BCUT2D eigenvalue weighted by atomic mass is 32.2. The van der Waals surface area contributed by atoms with Crippen molar-refractivity contribution in [3.05, 3.63) is 64.7 Å². The van der Waals surface area contributed by atoms with Crippen LogP contribution in [0.25, 0.3) is 0 Å². The molecule has 2 aromatic carbocycles. The van der Waals surface area contributed by atoms with Crippen LogP contribution in [0.5, 0.6) is 0 Å². The van der Waals surface area contributed by atoms with Gasteiger partial charge in [-0.15, -0.1) is 0 Å². The Morgan fingerprint density at radius 3 is 2.23 bits per heavy atom. The molecule has 0 saturated heterocycles. The summed E-state index contributed by atoms with van der Waals surface area (Å²) in [5.74, 6) is -0.911. The van der Waals surface area contributed by atoms with Crippen molar-refractivity contribution in [2.45, 2.75) is 62.9 Å². The molecule has 138 valence electrons. The van der Waals surface area contributed by atoms with Crippen LogP contribution in [0.15, 0.2) is 47.4 Å². The molecule has 1 N–H and O–H groups in total. The largest absolute Gasteiger partial charge is 0.478 e. The number of carboxylic acid groups (broad SMARTS) is 1. The molecular formula is C22H26O3S. The van der Waals surface area contributed by atoms with E-state index in [0.29, 0.717) is 12.2 Å². The highest BCUT2D eigenvalue weighted by Crippen LogP contribution is 2.46. The van der Waals surface area contributed by atoms with Gasteiger partial charge < -0.3 is 9.29 Å². The minimum Gasteiger partial charge on any atom is -0.478 e. The first-order chi connectivity index (χ1) is 12.2. The zero-order valence-electron chi connectivity index (χ0n) is 15.8. The van der Waals surface area contributed by atoms with Crippen LogP contribution in [0, 0.1) is 0 Å².